The summed E-state index contributed by atoms with van der Waals surface area (Å²) in [6, 6.07) is 0. The third-order valence-corrected chi connectivity index (χ3v) is 4.96. The number of halogens is 1. The Kier molecular flexibility index (Phi) is 4.08. The topological polar surface area (TPSA) is 136 Å². The number of fused-ring (bicyclic) bond motifs is 1. The maximum atomic E-state index is 10.7. The van der Waals surface area contributed by atoms with Gasteiger partial charge < -0.3 is 25.3 Å². The molecule has 0 aromatic carbocycles. The zero-order chi connectivity index (χ0) is 16.8. The molecule has 1 saturated heterocycles. The van der Waals surface area contributed by atoms with E-state index in [-0.39, 0.29) is 19.0 Å². The number of nitroso groups, excluding NO2 is 1. The van der Waals surface area contributed by atoms with Crippen LogP contribution in [0, 0.1) is 4.91 Å². The standard InChI is InChI=1S/C13H16BrN5O4/c1-13(14)9(21)7(4-20)23-12(13)19-3-6(2-18-22)8-10(15)16-5-17-11(8)19/h3,5,7,9,12,20-21H,2,4H2,1H3,(H2,15,16,17)/t7?,9?,12-,13-/m1/s1. The lowest BCUT2D eigenvalue weighted by Crippen LogP contribution is -2.39. The van der Waals surface area contributed by atoms with Gasteiger partial charge in [-0.05, 0) is 6.92 Å². The second-order valence-electron chi connectivity index (χ2n) is 5.61. The van der Waals surface area contributed by atoms with E-state index in [9.17, 15) is 15.1 Å². The van der Waals surface area contributed by atoms with Crippen LogP contribution in [0.1, 0.15) is 18.7 Å². The molecule has 3 rings (SSSR count). The second kappa shape index (κ2) is 5.78. The molecule has 23 heavy (non-hydrogen) atoms. The van der Waals surface area contributed by atoms with Crippen molar-refractivity contribution in [1.82, 2.24) is 14.5 Å². The molecule has 10 heteroatoms. The fraction of sp³-hybridized carbons (Fsp3) is 0.538. The van der Waals surface area contributed by atoms with E-state index in [1.54, 1.807) is 17.7 Å². The van der Waals surface area contributed by atoms with Crippen molar-refractivity contribution in [3.05, 3.63) is 23.0 Å². The molecule has 3 heterocycles. The van der Waals surface area contributed by atoms with Gasteiger partial charge in [-0.2, -0.15) is 4.91 Å². The van der Waals surface area contributed by atoms with Gasteiger partial charge in [0.2, 0.25) is 0 Å². The van der Waals surface area contributed by atoms with Gasteiger partial charge in [-0.1, -0.05) is 21.1 Å². The molecule has 2 unspecified atom stereocenters. The number of ether oxygens (including phenoxy) is 1. The number of aliphatic hydroxyl groups is 2. The number of nitrogen functional groups attached to an aromatic ring is 1. The Bertz CT molecular complexity index is 749. The zero-order valence-electron chi connectivity index (χ0n) is 12.3. The predicted octanol–water partition coefficient (Wildman–Crippen LogP) is 0.684. The van der Waals surface area contributed by atoms with Gasteiger partial charge in [0.25, 0.3) is 0 Å². The van der Waals surface area contributed by atoms with Crippen molar-refractivity contribution in [1.29, 1.82) is 0 Å². The number of hydrogen-bond acceptors (Lipinski definition) is 8. The molecule has 9 nitrogen and oxygen atoms in total. The molecule has 0 bridgehead atoms. The molecule has 4 N–H and O–H groups in total. The van der Waals surface area contributed by atoms with Gasteiger partial charge in [-0.15, -0.1) is 0 Å². The predicted molar refractivity (Wildman–Crippen MR) is 85.8 cm³/mol. The molecular weight excluding hydrogens is 370 g/mol. The molecule has 1 aliphatic heterocycles. The summed E-state index contributed by atoms with van der Waals surface area (Å²) in [5.74, 6) is 0.237. The Hall–Kier alpha value is -1.62. The monoisotopic (exact) mass is 385 g/mol. The highest BCUT2D eigenvalue weighted by Crippen LogP contribution is 2.46. The van der Waals surface area contributed by atoms with Crippen LogP contribution in [0.25, 0.3) is 11.0 Å². The minimum atomic E-state index is -0.929. The summed E-state index contributed by atoms with van der Waals surface area (Å²) in [5, 5.41) is 23.1. The van der Waals surface area contributed by atoms with Gasteiger partial charge in [0.05, 0.1) is 16.3 Å². The van der Waals surface area contributed by atoms with Crippen LogP contribution in [0.5, 0.6) is 0 Å². The van der Waals surface area contributed by atoms with Crippen LogP contribution in [0.4, 0.5) is 5.82 Å². The highest BCUT2D eigenvalue weighted by Gasteiger charge is 2.52. The fourth-order valence-corrected chi connectivity index (χ4v) is 3.54. The third-order valence-electron chi connectivity index (χ3n) is 4.10. The highest BCUT2D eigenvalue weighted by atomic mass is 79.9. The number of aromatic nitrogens is 3. The summed E-state index contributed by atoms with van der Waals surface area (Å²) in [6.45, 7) is 1.35. The molecule has 0 amide bonds. The Morgan fingerprint density at radius 2 is 2.30 bits per heavy atom. The van der Waals surface area contributed by atoms with Crippen LogP contribution < -0.4 is 5.73 Å². The Balaban J connectivity index is 2.17. The summed E-state index contributed by atoms with van der Waals surface area (Å²) in [5.41, 5.74) is 6.94. The van der Waals surface area contributed by atoms with Gasteiger partial charge in [0.15, 0.2) is 6.23 Å². The maximum Gasteiger partial charge on any atom is 0.153 e. The first-order chi connectivity index (χ1) is 10.9. The molecule has 124 valence electrons. The van der Waals surface area contributed by atoms with Gasteiger partial charge >= 0.3 is 0 Å². The van der Waals surface area contributed by atoms with E-state index < -0.39 is 22.8 Å². The van der Waals surface area contributed by atoms with Crippen molar-refractivity contribution in [2.75, 3.05) is 12.3 Å². The van der Waals surface area contributed by atoms with Gasteiger partial charge in [0.1, 0.15) is 36.5 Å². The molecular formula is C13H16BrN5O4. The largest absolute Gasteiger partial charge is 0.394 e. The van der Waals surface area contributed by atoms with Crippen LogP contribution in [-0.2, 0) is 11.3 Å². The van der Waals surface area contributed by atoms with Crippen molar-refractivity contribution in [2.45, 2.75) is 36.2 Å². The molecule has 4 atom stereocenters. The number of alkyl halides is 1. The van der Waals surface area contributed by atoms with Crippen molar-refractivity contribution >= 4 is 32.8 Å². The number of nitrogens with zero attached hydrogens (tertiary/aromatic N) is 4. The first-order valence-electron chi connectivity index (χ1n) is 6.94. The van der Waals surface area contributed by atoms with Crippen molar-refractivity contribution in [2.24, 2.45) is 5.18 Å². The summed E-state index contributed by atoms with van der Waals surface area (Å²) >= 11 is 3.48. The number of hydrogen-bond donors (Lipinski definition) is 3. The summed E-state index contributed by atoms with van der Waals surface area (Å²) in [6.07, 6.45) is 0.642. The lowest BCUT2D eigenvalue weighted by atomic mass is 10.0. The molecule has 2 aromatic heterocycles. The molecule has 2 aromatic rings. The van der Waals surface area contributed by atoms with Gasteiger partial charge in [0, 0.05) is 11.8 Å². The molecule has 0 saturated carbocycles. The quantitative estimate of drug-likeness (QED) is 0.519. The van der Waals surface area contributed by atoms with Crippen LogP contribution in [0.15, 0.2) is 17.7 Å². The lowest BCUT2D eigenvalue weighted by molar-refractivity contribution is -0.0437. The smallest absolute Gasteiger partial charge is 0.153 e. The Morgan fingerprint density at radius 1 is 1.57 bits per heavy atom. The third kappa shape index (κ3) is 2.42. The van der Waals surface area contributed by atoms with E-state index in [0.717, 1.165) is 0 Å². The van der Waals surface area contributed by atoms with Crippen LogP contribution >= 0.6 is 15.9 Å². The summed E-state index contributed by atoms with van der Waals surface area (Å²) in [4.78, 5) is 18.8. The first-order valence-corrected chi connectivity index (χ1v) is 7.73. The Labute approximate surface area is 139 Å². The highest BCUT2D eigenvalue weighted by molar-refractivity contribution is 9.10. The molecule has 0 radical (unpaired) electrons. The van der Waals surface area contributed by atoms with Crippen LogP contribution in [0.2, 0.25) is 0 Å². The number of rotatable bonds is 4. The van der Waals surface area contributed by atoms with Crippen molar-refractivity contribution < 1.29 is 14.9 Å². The van der Waals surface area contributed by atoms with E-state index >= 15 is 0 Å². The minimum absolute atomic E-state index is 0.0845. The van der Waals surface area contributed by atoms with E-state index in [2.05, 4.69) is 31.1 Å². The van der Waals surface area contributed by atoms with E-state index in [1.165, 1.54) is 6.33 Å². The van der Waals surface area contributed by atoms with Crippen molar-refractivity contribution in [3.63, 3.8) is 0 Å². The van der Waals surface area contributed by atoms with Crippen LogP contribution in [-0.4, -0.2) is 47.9 Å². The number of anilines is 1. The average Bonchev–Trinajstić information content (AvgIpc) is 2.97. The van der Waals surface area contributed by atoms with Crippen LogP contribution in [0.3, 0.4) is 0 Å². The summed E-state index contributed by atoms with van der Waals surface area (Å²) < 4.78 is 6.57. The second-order valence-corrected chi connectivity index (χ2v) is 7.32. The molecule has 0 spiro atoms. The normalized spacial score (nSPS) is 30.9. The van der Waals surface area contributed by atoms with Gasteiger partial charge in [-0.3, -0.25) is 0 Å². The van der Waals surface area contributed by atoms with E-state index in [0.29, 0.717) is 16.6 Å². The Morgan fingerprint density at radius 3 is 2.91 bits per heavy atom. The molecule has 1 aliphatic rings. The fourth-order valence-electron chi connectivity index (χ4n) is 2.92. The van der Waals surface area contributed by atoms with E-state index in [1.807, 2.05) is 0 Å². The lowest BCUT2D eigenvalue weighted by Gasteiger charge is -2.27. The number of nitrogens with two attached hydrogens (primary N) is 1. The van der Waals surface area contributed by atoms with E-state index in [4.69, 9.17) is 10.5 Å². The van der Waals surface area contributed by atoms with Crippen molar-refractivity contribution in [3.8, 4) is 0 Å². The average molecular weight is 386 g/mol. The molecule has 0 aliphatic carbocycles. The zero-order valence-corrected chi connectivity index (χ0v) is 13.8. The SMILES string of the molecule is C[C@@]1(Br)C(O)C(CO)O[C@H]1n1cc(CN=O)c2c(N)ncnc21. The minimum Gasteiger partial charge on any atom is -0.394 e. The number of aliphatic hydroxyl groups excluding tert-OH is 2. The molecule has 1 fully saturated rings. The van der Waals surface area contributed by atoms with Gasteiger partial charge in [-0.25, -0.2) is 9.97 Å². The first kappa shape index (κ1) is 16.2. The summed E-state index contributed by atoms with van der Waals surface area (Å²) in [7, 11) is 0. The maximum absolute atomic E-state index is 10.7.